The maximum Gasteiger partial charge on any atom is 0.508 e. The van der Waals surface area contributed by atoms with Gasteiger partial charge in [-0.25, -0.2) is 4.79 Å². The fourth-order valence-electron chi connectivity index (χ4n) is 0.733. The zero-order valence-corrected chi connectivity index (χ0v) is 8.76. The standard InChI is InChI=1S/C9H14O7/c10-7-13-3-1-5-15-9(12)16-6-2-4-14-8-11/h7-8H,1-6H2. The zero-order valence-electron chi connectivity index (χ0n) is 8.76. The summed E-state index contributed by atoms with van der Waals surface area (Å²) in [5.41, 5.74) is 0. The Balaban J connectivity index is 3.18. The van der Waals surface area contributed by atoms with Crippen LogP contribution in [0, 0.1) is 0 Å². The molecule has 0 bridgehead atoms. The van der Waals surface area contributed by atoms with E-state index in [-0.39, 0.29) is 26.4 Å². The van der Waals surface area contributed by atoms with Gasteiger partial charge in [-0.1, -0.05) is 0 Å². The molecule has 0 aliphatic rings. The summed E-state index contributed by atoms with van der Waals surface area (Å²) in [6, 6.07) is 0. The Kier molecular flexibility index (Phi) is 10.0. The lowest BCUT2D eigenvalue weighted by molar-refractivity contribution is -0.129. The van der Waals surface area contributed by atoms with E-state index in [9.17, 15) is 14.4 Å². The molecular formula is C9H14O7. The quantitative estimate of drug-likeness (QED) is 0.232. The van der Waals surface area contributed by atoms with Crippen molar-refractivity contribution >= 4 is 19.1 Å². The van der Waals surface area contributed by atoms with Crippen LogP contribution in [0.3, 0.4) is 0 Å². The lowest BCUT2D eigenvalue weighted by atomic mass is 10.5. The molecule has 0 radical (unpaired) electrons. The Hall–Kier alpha value is -1.79. The summed E-state index contributed by atoms with van der Waals surface area (Å²) in [5.74, 6) is 0. The molecule has 0 saturated heterocycles. The van der Waals surface area contributed by atoms with Gasteiger partial charge in [0.15, 0.2) is 0 Å². The van der Waals surface area contributed by atoms with Crippen LogP contribution < -0.4 is 0 Å². The van der Waals surface area contributed by atoms with E-state index in [0.29, 0.717) is 25.8 Å². The molecular weight excluding hydrogens is 220 g/mol. The van der Waals surface area contributed by atoms with Crippen LogP contribution in [0.4, 0.5) is 4.79 Å². The molecule has 0 spiro atoms. The molecule has 0 heterocycles. The van der Waals surface area contributed by atoms with Crippen LogP contribution in [0.1, 0.15) is 12.8 Å². The molecule has 0 rings (SSSR count). The van der Waals surface area contributed by atoms with Crippen molar-refractivity contribution in [2.75, 3.05) is 26.4 Å². The van der Waals surface area contributed by atoms with E-state index in [1.807, 2.05) is 0 Å². The summed E-state index contributed by atoms with van der Waals surface area (Å²) in [6.45, 7) is 1.29. The van der Waals surface area contributed by atoms with Gasteiger partial charge in [-0.3, -0.25) is 9.59 Å². The van der Waals surface area contributed by atoms with Crippen LogP contribution in [0.2, 0.25) is 0 Å². The van der Waals surface area contributed by atoms with Gasteiger partial charge < -0.3 is 18.9 Å². The van der Waals surface area contributed by atoms with Crippen molar-refractivity contribution in [3.63, 3.8) is 0 Å². The molecule has 0 fully saturated rings. The van der Waals surface area contributed by atoms with Gasteiger partial charge >= 0.3 is 6.16 Å². The second-order valence-corrected chi connectivity index (χ2v) is 2.59. The van der Waals surface area contributed by atoms with Gasteiger partial charge in [0.2, 0.25) is 0 Å². The van der Waals surface area contributed by atoms with Crippen LogP contribution in [0.15, 0.2) is 0 Å². The highest BCUT2D eigenvalue weighted by atomic mass is 16.7. The molecule has 7 heteroatoms. The highest BCUT2D eigenvalue weighted by Crippen LogP contribution is 1.91. The average Bonchev–Trinajstić information content (AvgIpc) is 2.28. The normalized spacial score (nSPS) is 9.00. The number of carbonyl (C=O) groups is 3. The van der Waals surface area contributed by atoms with Crippen LogP contribution in [-0.4, -0.2) is 45.5 Å². The number of carbonyl (C=O) groups excluding carboxylic acids is 3. The molecule has 16 heavy (non-hydrogen) atoms. The van der Waals surface area contributed by atoms with Crippen LogP contribution in [0.5, 0.6) is 0 Å². The Labute approximate surface area is 92.6 Å². The van der Waals surface area contributed by atoms with Crippen molar-refractivity contribution in [1.29, 1.82) is 0 Å². The molecule has 0 aliphatic heterocycles. The minimum atomic E-state index is -0.794. The first-order valence-electron chi connectivity index (χ1n) is 4.71. The number of rotatable bonds is 10. The first kappa shape index (κ1) is 14.2. The van der Waals surface area contributed by atoms with Crippen molar-refractivity contribution in [2.24, 2.45) is 0 Å². The largest absolute Gasteiger partial charge is 0.508 e. The number of hydrogen-bond donors (Lipinski definition) is 0. The summed E-state index contributed by atoms with van der Waals surface area (Å²) in [6.07, 6.45) is 0.0432. The monoisotopic (exact) mass is 234 g/mol. The smallest absolute Gasteiger partial charge is 0.468 e. The number of ether oxygens (including phenoxy) is 4. The minimum Gasteiger partial charge on any atom is -0.468 e. The van der Waals surface area contributed by atoms with E-state index in [4.69, 9.17) is 0 Å². The van der Waals surface area contributed by atoms with Crippen molar-refractivity contribution in [2.45, 2.75) is 12.8 Å². The predicted octanol–water partition coefficient (Wildman–Crippen LogP) is 0.266. The molecule has 0 aliphatic carbocycles. The Morgan fingerprint density at radius 1 is 0.812 bits per heavy atom. The molecule has 0 unspecified atom stereocenters. The molecule has 92 valence electrons. The fourth-order valence-corrected chi connectivity index (χ4v) is 0.733. The van der Waals surface area contributed by atoms with Crippen molar-refractivity contribution in [1.82, 2.24) is 0 Å². The molecule has 0 aromatic carbocycles. The van der Waals surface area contributed by atoms with E-state index in [0.717, 1.165) is 0 Å². The van der Waals surface area contributed by atoms with Crippen LogP contribution >= 0.6 is 0 Å². The Morgan fingerprint density at radius 2 is 1.25 bits per heavy atom. The SMILES string of the molecule is O=COCCCOC(=O)OCCCOC=O. The Bertz CT molecular complexity index is 184. The van der Waals surface area contributed by atoms with E-state index in [1.165, 1.54) is 0 Å². The first-order valence-corrected chi connectivity index (χ1v) is 4.71. The second kappa shape index (κ2) is 11.3. The van der Waals surface area contributed by atoms with Crippen molar-refractivity contribution in [3.05, 3.63) is 0 Å². The minimum absolute atomic E-state index is 0.123. The summed E-state index contributed by atoms with van der Waals surface area (Å²) >= 11 is 0. The van der Waals surface area contributed by atoms with Crippen LogP contribution in [-0.2, 0) is 28.5 Å². The van der Waals surface area contributed by atoms with Crippen molar-refractivity contribution in [3.8, 4) is 0 Å². The summed E-state index contributed by atoms with van der Waals surface area (Å²) in [7, 11) is 0. The van der Waals surface area contributed by atoms with Gasteiger partial charge in [0.1, 0.15) is 0 Å². The highest BCUT2D eigenvalue weighted by molar-refractivity contribution is 5.59. The van der Waals surface area contributed by atoms with Gasteiger partial charge in [-0.05, 0) is 0 Å². The van der Waals surface area contributed by atoms with Gasteiger partial charge in [-0.15, -0.1) is 0 Å². The molecule has 7 nitrogen and oxygen atoms in total. The lowest BCUT2D eigenvalue weighted by Gasteiger charge is -2.05. The van der Waals surface area contributed by atoms with Gasteiger partial charge in [0, 0.05) is 12.8 Å². The van der Waals surface area contributed by atoms with Crippen molar-refractivity contribution < 1.29 is 33.3 Å². The van der Waals surface area contributed by atoms with Gasteiger partial charge in [0.25, 0.3) is 12.9 Å². The van der Waals surface area contributed by atoms with Gasteiger partial charge in [-0.2, -0.15) is 0 Å². The third-order valence-corrected chi connectivity index (χ3v) is 1.39. The first-order chi connectivity index (χ1) is 7.81. The third-order valence-electron chi connectivity index (χ3n) is 1.39. The fraction of sp³-hybridized carbons (Fsp3) is 0.667. The zero-order chi connectivity index (χ0) is 12.1. The third kappa shape index (κ3) is 10.3. The topological polar surface area (TPSA) is 88.1 Å². The molecule has 0 aromatic rings. The maximum atomic E-state index is 10.8. The molecule has 0 amide bonds. The maximum absolute atomic E-state index is 10.8. The lowest BCUT2D eigenvalue weighted by Crippen LogP contribution is -2.11. The molecule has 0 aromatic heterocycles. The Morgan fingerprint density at radius 3 is 1.62 bits per heavy atom. The summed E-state index contributed by atoms with van der Waals surface area (Å²) in [4.78, 5) is 30.3. The molecule has 0 N–H and O–H groups in total. The van der Waals surface area contributed by atoms with Gasteiger partial charge in [0.05, 0.1) is 26.4 Å². The van der Waals surface area contributed by atoms with Crippen LogP contribution in [0.25, 0.3) is 0 Å². The van der Waals surface area contributed by atoms with E-state index in [2.05, 4.69) is 18.9 Å². The predicted molar refractivity (Wildman–Crippen MR) is 50.6 cm³/mol. The summed E-state index contributed by atoms with van der Waals surface area (Å²) < 4.78 is 18.0. The number of hydrogen-bond acceptors (Lipinski definition) is 7. The highest BCUT2D eigenvalue weighted by Gasteiger charge is 2.02. The van der Waals surface area contributed by atoms with E-state index < -0.39 is 6.16 Å². The average molecular weight is 234 g/mol. The second-order valence-electron chi connectivity index (χ2n) is 2.59. The van der Waals surface area contributed by atoms with E-state index in [1.54, 1.807) is 0 Å². The summed E-state index contributed by atoms with van der Waals surface area (Å²) in [5, 5.41) is 0. The molecule has 0 saturated carbocycles. The molecule has 0 atom stereocenters. The van der Waals surface area contributed by atoms with E-state index >= 15 is 0 Å².